The van der Waals surface area contributed by atoms with Crippen molar-refractivity contribution in [1.29, 1.82) is 0 Å². The van der Waals surface area contributed by atoms with Crippen molar-refractivity contribution < 1.29 is 23.6 Å². The number of aromatic nitrogens is 1. The molecule has 1 saturated carbocycles. The van der Waals surface area contributed by atoms with Crippen molar-refractivity contribution >= 4 is 17.6 Å². The van der Waals surface area contributed by atoms with Crippen LogP contribution in [0, 0.1) is 5.82 Å². The summed E-state index contributed by atoms with van der Waals surface area (Å²) in [5.41, 5.74) is -0.0142. The number of rotatable bonds is 4. The van der Waals surface area contributed by atoms with Crippen molar-refractivity contribution in [3.8, 4) is 17.1 Å². The molecule has 0 radical (unpaired) electrons. The van der Waals surface area contributed by atoms with Crippen LogP contribution < -0.4 is 4.74 Å². The second-order valence-electron chi connectivity index (χ2n) is 4.46. The van der Waals surface area contributed by atoms with Gasteiger partial charge in [-0.2, -0.15) is 0 Å². The highest BCUT2D eigenvalue weighted by molar-refractivity contribution is 6.32. The van der Waals surface area contributed by atoms with Crippen molar-refractivity contribution in [2.45, 2.75) is 18.9 Å². The van der Waals surface area contributed by atoms with Crippen LogP contribution in [0.25, 0.3) is 11.3 Å². The van der Waals surface area contributed by atoms with E-state index < -0.39 is 11.8 Å². The molecule has 0 spiro atoms. The minimum absolute atomic E-state index is 0.0542. The van der Waals surface area contributed by atoms with Gasteiger partial charge in [0.05, 0.1) is 16.7 Å². The fraction of sp³-hybridized carbons (Fsp3) is 0.231. The van der Waals surface area contributed by atoms with E-state index in [2.05, 4.69) is 5.16 Å². The van der Waals surface area contributed by atoms with Gasteiger partial charge in [0.25, 0.3) is 0 Å². The average Bonchev–Trinajstić information content (AvgIpc) is 3.05. The number of aromatic carboxylic acids is 1. The quantitative estimate of drug-likeness (QED) is 0.936. The van der Waals surface area contributed by atoms with Gasteiger partial charge in [-0.05, 0) is 25.0 Å². The van der Waals surface area contributed by atoms with E-state index >= 15 is 0 Å². The van der Waals surface area contributed by atoms with Crippen molar-refractivity contribution in [3.05, 3.63) is 34.7 Å². The minimum Gasteiger partial charge on any atom is -0.488 e. The first-order valence-corrected chi connectivity index (χ1v) is 6.28. The monoisotopic (exact) mass is 297 g/mol. The number of ether oxygens (including phenoxy) is 1. The normalized spacial score (nSPS) is 14.3. The summed E-state index contributed by atoms with van der Waals surface area (Å²) >= 11 is 5.98. The summed E-state index contributed by atoms with van der Waals surface area (Å²) in [5, 5.41) is 12.3. The van der Waals surface area contributed by atoms with Crippen LogP contribution in [0.5, 0.6) is 5.75 Å². The highest BCUT2D eigenvalue weighted by Gasteiger charge is 2.27. The number of carbonyl (C=O) groups is 1. The second kappa shape index (κ2) is 4.79. The maximum absolute atomic E-state index is 13.5. The van der Waals surface area contributed by atoms with Crippen molar-refractivity contribution in [2.24, 2.45) is 0 Å². The Kier molecular flexibility index (Phi) is 3.10. The fourth-order valence-corrected chi connectivity index (χ4v) is 1.97. The zero-order valence-electron chi connectivity index (χ0n) is 10.1. The van der Waals surface area contributed by atoms with E-state index in [0.29, 0.717) is 0 Å². The van der Waals surface area contributed by atoms with Gasteiger partial charge in [0.15, 0.2) is 11.5 Å². The van der Waals surface area contributed by atoms with Crippen LogP contribution in [0.3, 0.4) is 0 Å². The molecule has 1 N–H and O–H groups in total. The molecule has 1 aliphatic rings. The van der Waals surface area contributed by atoms with Crippen molar-refractivity contribution in [2.75, 3.05) is 0 Å². The number of halogens is 2. The number of nitrogens with zero attached hydrogens (tertiary/aromatic N) is 1. The summed E-state index contributed by atoms with van der Waals surface area (Å²) in [4.78, 5) is 10.8. The molecule has 0 amide bonds. The third-order valence-electron chi connectivity index (χ3n) is 2.81. The molecule has 0 bridgehead atoms. The molecular weight excluding hydrogens is 289 g/mol. The molecule has 104 valence electrons. The first-order valence-electron chi connectivity index (χ1n) is 5.90. The second-order valence-corrected chi connectivity index (χ2v) is 4.87. The van der Waals surface area contributed by atoms with E-state index in [-0.39, 0.29) is 33.9 Å². The Hall–Kier alpha value is -2.08. The number of hydrogen-bond acceptors (Lipinski definition) is 4. The van der Waals surface area contributed by atoms with Gasteiger partial charge in [-0.25, -0.2) is 9.18 Å². The molecule has 0 aliphatic heterocycles. The van der Waals surface area contributed by atoms with Gasteiger partial charge >= 0.3 is 5.97 Å². The highest BCUT2D eigenvalue weighted by Crippen LogP contribution is 2.40. The molecule has 7 heteroatoms. The van der Waals surface area contributed by atoms with Crippen LogP contribution in [0.4, 0.5) is 4.39 Å². The topological polar surface area (TPSA) is 72.6 Å². The van der Waals surface area contributed by atoms with E-state index in [1.165, 1.54) is 12.1 Å². The molecule has 1 aromatic heterocycles. The minimum atomic E-state index is -1.23. The lowest BCUT2D eigenvalue weighted by molar-refractivity contribution is 0.0686. The maximum atomic E-state index is 13.5. The molecule has 1 aromatic carbocycles. The molecule has 0 saturated heterocycles. The largest absolute Gasteiger partial charge is 0.488 e. The van der Waals surface area contributed by atoms with Gasteiger partial charge in [0, 0.05) is 6.07 Å². The van der Waals surface area contributed by atoms with Gasteiger partial charge in [-0.15, -0.1) is 0 Å². The molecule has 1 heterocycles. The SMILES string of the molecule is O=C(O)c1cc(-c2cc(F)cc(Cl)c2OC2CC2)on1. The Morgan fingerprint density at radius 3 is 2.80 bits per heavy atom. The van der Waals surface area contributed by atoms with Gasteiger partial charge in [0.2, 0.25) is 0 Å². The van der Waals surface area contributed by atoms with Crippen molar-refractivity contribution in [3.63, 3.8) is 0 Å². The molecule has 2 aromatic rings. The Balaban J connectivity index is 2.07. The van der Waals surface area contributed by atoms with Crippen LogP contribution >= 0.6 is 11.6 Å². The number of benzene rings is 1. The van der Waals surface area contributed by atoms with E-state index in [1.54, 1.807) is 0 Å². The molecule has 0 unspecified atom stereocenters. The van der Waals surface area contributed by atoms with Gasteiger partial charge in [-0.1, -0.05) is 16.8 Å². The van der Waals surface area contributed by atoms with Crippen LogP contribution in [0.2, 0.25) is 5.02 Å². The van der Waals surface area contributed by atoms with E-state index in [0.717, 1.165) is 18.9 Å². The lowest BCUT2D eigenvalue weighted by atomic mass is 10.1. The molecule has 1 aliphatic carbocycles. The maximum Gasteiger partial charge on any atom is 0.358 e. The van der Waals surface area contributed by atoms with Crippen LogP contribution in [-0.2, 0) is 0 Å². The highest BCUT2D eigenvalue weighted by atomic mass is 35.5. The molecular formula is C13H9ClFNO4. The Bertz CT molecular complexity index is 681. The standard InChI is InChI=1S/C13H9ClFNO4/c14-9-4-6(15)3-8(12(9)19-7-1-2-7)11-5-10(13(17)18)16-20-11/h3-5,7H,1-2H2,(H,17,18). The van der Waals surface area contributed by atoms with Crippen LogP contribution in [0.15, 0.2) is 22.7 Å². The Morgan fingerprint density at radius 2 is 2.20 bits per heavy atom. The fourth-order valence-electron chi connectivity index (χ4n) is 1.72. The first kappa shape index (κ1) is 12.9. The summed E-state index contributed by atoms with van der Waals surface area (Å²) in [6.45, 7) is 0. The average molecular weight is 298 g/mol. The first-order chi connectivity index (χ1) is 9.54. The predicted octanol–water partition coefficient (Wildman–Crippen LogP) is 3.37. The van der Waals surface area contributed by atoms with Crippen molar-refractivity contribution in [1.82, 2.24) is 5.16 Å². The van der Waals surface area contributed by atoms with Gasteiger partial charge < -0.3 is 14.4 Å². The molecule has 0 atom stereocenters. The van der Waals surface area contributed by atoms with E-state index in [4.69, 9.17) is 26.0 Å². The third kappa shape index (κ3) is 2.46. The zero-order valence-corrected chi connectivity index (χ0v) is 10.9. The third-order valence-corrected chi connectivity index (χ3v) is 3.09. The zero-order chi connectivity index (χ0) is 14.3. The van der Waals surface area contributed by atoms with Crippen LogP contribution in [0.1, 0.15) is 23.3 Å². The predicted molar refractivity (Wildman–Crippen MR) is 67.5 cm³/mol. The smallest absolute Gasteiger partial charge is 0.358 e. The lowest BCUT2D eigenvalue weighted by Gasteiger charge is -2.10. The van der Waals surface area contributed by atoms with Gasteiger partial charge in [0.1, 0.15) is 11.6 Å². The summed E-state index contributed by atoms with van der Waals surface area (Å²) < 4.78 is 24.1. The van der Waals surface area contributed by atoms with Gasteiger partial charge in [-0.3, -0.25) is 0 Å². The summed E-state index contributed by atoms with van der Waals surface area (Å²) in [6, 6.07) is 3.51. The van der Waals surface area contributed by atoms with E-state index in [1.807, 2.05) is 0 Å². The number of carboxylic acid groups (broad SMARTS) is 1. The Morgan fingerprint density at radius 1 is 1.45 bits per heavy atom. The molecule has 20 heavy (non-hydrogen) atoms. The number of hydrogen-bond donors (Lipinski definition) is 1. The summed E-state index contributed by atoms with van der Waals surface area (Å²) in [5.74, 6) is -1.42. The lowest BCUT2D eigenvalue weighted by Crippen LogP contribution is -1.99. The molecule has 3 rings (SSSR count). The van der Waals surface area contributed by atoms with E-state index in [9.17, 15) is 9.18 Å². The van der Waals surface area contributed by atoms with Crippen LogP contribution in [-0.4, -0.2) is 22.3 Å². The molecule has 1 fully saturated rings. The summed E-state index contributed by atoms with van der Waals surface area (Å²) in [6.07, 6.45) is 1.87. The molecule has 5 nitrogen and oxygen atoms in total. The number of carboxylic acids is 1. The Labute approximate surface area is 117 Å². The summed E-state index contributed by atoms with van der Waals surface area (Å²) in [7, 11) is 0.